The van der Waals surface area contributed by atoms with E-state index in [2.05, 4.69) is 13.8 Å². The number of unbranched alkanes of at least 4 members (excludes halogenated alkanes) is 21. The third-order valence-corrected chi connectivity index (χ3v) is 7.57. The van der Waals surface area contributed by atoms with Crippen LogP contribution < -0.4 is 6.15 Å². The zero-order valence-electron chi connectivity index (χ0n) is 22.0. The van der Waals surface area contributed by atoms with Crippen LogP contribution in [0.5, 0.6) is 0 Å². The lowest BCUT2D eigenvalue weighted by molar-refractivity contribution is 0.305. The largest absolute Gasteiger partial charge is 0.344 e. The van der Waals surface area contributed by atoms with Crippen LogP contribution in [-0.4, -0.2) is 20.8 Å². The third kappa shape index (κ3) is 27.9. The van der Waals surface area contributed by atoms with E-state index in [0.29, 0.717) is 6.61 Å². The average Bonchev–Trinajstić information content (AvgIpc) is 2.75. The molecular weight excluding hydrogens is 418 g/mol. The standard InChI is InChI=1S/C27H56O3S.H3N/c1-3-5-7-9-11-12-13-14-15-16-17-18-19-20-22-24-26-30-31(28,29)27-25-23-21-10-8-6-4-2;/h3-27H2,1-2H3;1H3. The highest BCUT2D eigenvalue weighted by Gasteiger charge is 2.10. The van der Waals surface area contributed by atoms with Gasteiger partial charge in [0, 0.05) is 0 Å². The summed E-state index contributed by atoms with van der Waals surface area (Å²) in [5.41, 5.74) is 0. The third-order valence-electron chi connectivity index (χ3n) is 6.26. The van der Waals surface area contributed by atoms with Crippen molar-refractivity contribution >= 4 is 10.1 Å². The summed E-state index contributed by atoms with van der Waals surface area (Å²) in [4.78, 5) is 0. The molecule has 0 aromatic carbocycles. The molecule has 0 aromatic heterocycles. The summed E-state index contributed by atoms with van der Waals surface area (Å²) in [7, 11) is -3.30. The zero-order valence-corrected chi connectivity index (χ0v) is 22.8. The van der Waals surface area contributed by atoms with Gasteiger partial charge < -0.3 is 6.15 Å². The lowest BCUT2D eigenvalue weighted by atomic mass is 10.0. The van der Waals surface area contributed by atoms with Crippen LogP contribution >= 0.6 is 0 Å². The Hall–Kier alpha value is -0.130. The van der Waals surface area contributed by atoms with E-state index >= 15 is 0 Å². The van der Waals surface area contributed by atoms with Crippen molar-refractivity contribution in [2.45, 2.75) is 162 Å². The van der Waals surface area contributed by atoms with E-state index in [1.807, 2.05) is 0 Å². The van der Waals surface area contributed by atoms with Gasteiger partial charge in [-0.3, -0.25) is 4.18 Å². The van der Waals surface area contributed by atoms with Gasteiger partial charge in [-0.25, -0.2) is 0 Å². The SMILES string of the molecule is CCCCCCCCCCCCCCCCCCOS(=O)(=O)CCCCCCCCC.N. The number of hydrogen-bond donors (Lipinski definition) is 1. The first kappa shape index (κ1) is 34.0. The number of rotatable bonds is 26. The Bertz CT molecular complexity index is 440. The fraction of sp³-hybridized carbons (Fsp3) is 1.00. The van der Waals surface area contributed by atoms with Crippen molar-refractivity contribution in [3.05, 3.63) is 0 Å². The molecule has 0 aliphatic heterocycles. The molecule has 32 heavy (non-hydrogen) atoms. The summed E-state index contributed by atoms with van der Waals surface area (Å²) in [6, 6.07) is 0. The Balaban J connectivity index is 0. The van der Waals surface area contributed by atoms with E-state index in [9.17, 15) is 8.42 Å². The second-order valence-electron chi connectivity index (χ2n) is 9.51. The van der Waals surface area contributed by atoms with Crippen molar-refractivity contribution in [2.24, 2.45) is 0 Å². The quantitative estimate of drug-likeness (QED) is 0.0993. The molecule has 3 N–H and O–H groups in total. The molecule has 0 amide bonds. The maximum Gasteiger partial charge on any atom is 0.267 e. The predicted molar refractivity (Wildman–Crippen MR) is 142 cm³/mol. The molecule has 5 heteroatoms. The van der Waals surface area contributed by atoms with Crippen LogP contribution in [0.3, 0.4) is 0 Å². The van der Waals surface area contributed by atoms with Gasteiger partial charge in [0.2, 0.25) is 0 Å². The molecule has 0 radical (unpaired) electrons. The minimum Gasteiger partial charge on any atom is -0.344 e. The summed E-state index contributed by atoms with van der Waals surface area (Å²) in [5, 5.41) is 0. The molecule has 0 bridgehead atoms. The average molecular weight is 478 g/mol. The zero-order chi connectivity index (χ0) is 22.9. The molecule has 0 aliphatic carbocycles. The maximum absolute atomic E-state index is 11.9. The monoisotopic (exact) mass is 477 g/mol. The molecule has 0 aliphatic rings. The van der Waals surface area contributed by atoms with Crippen LogP contribution in [0.2, 0.25) is 0 Å². The van der Waals surface area contributed by atoms with Gasteiger partial charge in [-0.2, -0.15) is 8.42 Å². The van der Waals surface area contributed by atoms with Gasteiger partial charge in [0.05, 0.1) is 12.4 Å². The minimum absolute atomic E-state index is 0. The van der Waals surface area contributed by atoms with E-state index in [0.717, 1.165) is 32.1 Å². The highest BCUT2D eigenvalue weighted by molar-refractivity contribution is 7.86. The fourth-order valence-electron chi connectivity index (χ4n) is 4.13. The molecule has 196 valence electrons. The van der Waals surface area contributed by atoms with Crippen molar-refractivity contribution < 1.29 is 12.6 Å². The molecule has 4 nitrogen and oxygen atoms in total. The molecular formula is C27H59NO3S. The van der Waals surface area contributed by atoms with Gasteiger partial charge in [-0.1, -0.05) is 149 Å². The van der Waals surface area contributed by atoms with Crippen molar-refractivity contribution in [2.75, 3.05) is 12.4 Å². The van der Waals surface area contributed by atoms with Gasteiger partial charge in [-0.15, -0.1) is 0 Å². The number of hydrogen-bond acceptors (Lipinski definition) is 4. The fourth-order valence-corrected chi connectivity index (χ4v) is 5.18. The van der Waals surface area contributed by atoms with Crippen LogP contribution in [0, 0.1) is 0 Å². The minimum atomic E-state index is -3.30. The highest BCUT2D eigenvalue weighted by Crippen LogP contribution is 2.14. The molecule has 0 rings (SSSR count). The molecule has 0 saturated heterocycles. The van der Waals surface area contributed by atoms with E-state index in [4.69, 9.17) is 4.18 Å². The maximum atomic E-state index is 11.9. The van der Waals surface area contributed by atoms with E-state index in [1.165, 1.54) is 116 Å². The second kappa shape index (κ2) is 27.1. The Morgan fingerprint density at radius 2 is 0.719 bits per heavy atom. The first-order valence-electron chi connectivity index (χ1n) is 14.0. The second-order valence-corrected chi connectivity index (χ2v) is 11.3. The molecule has 0 atom stereocenters. The molecule has 0 unspecified atom stereocenters. The predicted octanol–water partition coefficient (Wildman–Crippen LogP) is 9.51. The molecule has 0 aromatic rings. The summed E-state index contributed by atoms with van der Waals surface area (Å²) < 4.78 is 29.0. The van der Waals surface area contributed by atoms with Gasteiger partial charge in [0.15, 0.2) is 0 Å². The summed E-state index contributed by atoms with van der Waals surface area (Å²) in [5.74, 6) is 0.194. The summed E-state index contributed by atoms with van der Waals surface area (Å²) in [6.45, 7) is 4.86. The van der Waals surface area contributed by atoms with Gasteiger partial charge in [-0.05, 0) is 12.8 Å². The van der Waals surface area contributed by atoms with E-state index in [-0.39, 0.29) is 11.9 Å². The first-order chi connectivity index (χ1) is 15.1. The van der Waals surface area contributed by atoms with Crippen LogP contribution in [0.1, 0.15) is 162 Å². The van der Waals surface area contributed by atoms with Gasteiger partial charge in [0.1, 0.15) is 0 Å². The van der Waals surface area contributed by atoms with Crippen LogP contribution in [0.4, 0.5) is 0 Å². The first-order valence-corrected chi connectivity index (χ1v) is 15.6. The van der Waals surface area contributed by atoms with Crippen molar-refractivity contribution in [3.8, 4) is 0 Å². The van der Waals surface area contributed by atoms with Crippen molar-refractivity contribution in [3.63, 3.8) is 0 Å². The van der Waals surface area contributed by atoms with Gasteiger partial charge >= 0.3 is 0 Å². The summed E-state index contributed by atoms with van der Waals surface area (Å²) in [6.07, 6.45) is 29.2. The Morgan fingerprint density at radius 1 is 0.438 bits per heavy atom. The molecule has 0 spiro atoms. The molecule has 0 heterocycles. The smallest absolute Gasteiger partial charge is 0.267 e. The summed E-state index contributed by atoms with van der Waals surface area (Å²) >= 11 is 0. The van der Waals surface area contributed by atoms with E-state index in [1.54, 1.807) is 0 Å². The van der Waals surface area contributed by atoms with Crippen LogP contribution in [-0.2, 0) is 14.3 Å². The molecule has 0 fully saturated rings. The molecule has 0 saturated carbocycles. The normalized spacial score (nSPS) is 11.6. The Kier molecular flexibility index (Phi) is 28.8. The van der Waals surface area contributed by atoms with Crippen molar-refractivity contribution in [1.82, 2.24) is 6.15 Å². The van der Waals surface area contributed by atoms with Crippen molar-refractivity contribution in [1.29, 1.82) is 0 Å². The lowest BCUT2D eigenvalue weighted by Gasteiger charge is -2.06. The lowest BCUT2D eigenvalue weighted by Crippen LogP contribution is -2.11. The highest BCUT2D eigenvalue weighted by atomic mass is 32.2. The Labute approximate surface area is 202 Å². The van der Waals surface area contributed by atoms with Gasteiger partial charge in [0.25, 0.3) is 10.1 Å². The Morgan fingerprint density at radius 3 is 1.06 bits per heavy atom. The van der Waals surface area contributed by atoms with E-state index < -0.39 is 10.1 Å². The van der Waals surface area contributed by atoms with Crippen LogP contribution in [0.15, 0.2) is 0 Å². The van der Waals surface area contributed by atoms with Crippen LogP contribution in [0.25, 0.3) is 0 Å². The topological polar surface area (TPSA) is 78.4 Å².